The summed E-state index contributed by atoms with van der Waals surface area (Å²) in [6, 6.07) is 2.18. The third kappa shape index (κ3) is 4.09. The van der Waals surface area contributed by atoms with Crippen molar-refractivity contribution < 1.29 is 4.74 Å². The molecule has 0 fully saturated rings. The van der Waals surface area contributed by atoms with Gasteiger partial charge in [0.2, 0.25) is 0 Å². The number of thiophene rings is 1. The van der Waals surface area contributed by atoms with E-state index >= 15 is 0 Å². The van der Waals surface area contributed by atoms with Crippen molar-refractivity contribution in [2.75, 3.05) is 26.8 Å². The monoisotopic (exact) mass is 277 g/mol. The SMILES string of the molecule is CNCCOCCc1cc(Br)c(C)s1. The first-order valence-corrected chi connectivity index (χ1v) is 6.32. The Hall–Kier alpha value is 0.1000. The Balaban J connectivity index is 2.18. The van der Waals surface area contributed by atoms with E-state index in [0.29, 0.717) is 0 Å². The van der Waals surface area contributed by atoms with E-state index in [1.807, 2.05) is 18.4 Å². The van der Waals surface area contributed by atoms with Crippen LogP contribution in [0.5, 0.6) is 0 Å². The fourth-order valence-corrected chi connectivity index (χ4v) is 2.67. The molecular formula is C10H16BrNOS. The first-order chi connectivity index (χ1) is 6.74. The van der Waals surface area contributed by atoms with E-state index in [4.69, 9.17) is 4.74 Å². The Bertz CT molecular complexity index is 256. The van der Waals surface area contributed by atoms with E-state index < -0.39 is 0 Å². The topological polar surface area (TPSA) is 21.3 Å². The molecule has 2 nitrogen and oxygen atoms in total. The Morgan fingerprint density at radius 3 is 2.86 bits per heavy atom. The van der Waals surface area contributed by atoms with E-state index in [9.17, 15) is 0 Å². The molecule has 1 N–H and O–H groups in total. The summed E-state index contributed by atoms with van der Waals surface area (Å²) in [5, 5.41) is 3.05. The second-order valence-corrected chi connectivity index (χ2v) is 5.28. The molecule has 0 aromatic carbocycles. The van der Waals surface area contributed by atoms with Crippen LogP contribution in [0.4, 0.5) is 0 Å². The summed E-state index contributed by atoms with van der Waals surface area (Å²) in [7, 11) is 1.93. The second-order valence-electron chi connectivity index (χ2n) is 3.08. The van der Waals surface area contributed by atoms with Crippen molar-refractivity contribution in [2.45, 2.75) is 13.3 Å². The predicted molar refractivity (Wildman–Crippen MR) is 65.2 cm³/mol. The summed E-state index contributed by atoms with van der Waals surface area (Å²) in [5.41, 5.74) is 0. The van der Waals surface area contributed by atoms with Crippen molar-refractivity contribution in [1.29, 1.82) is 0 Å². The number of rotatable bonds is 6. The molecule has 0 saturated carbocycles. The molecule has 4 heteroatoms. The molecule has 1 aromatic heterocycles. The van der Waals surface area contributed by atoms with Crippen LogP contribution in [0.1, 0.15) is 9.75 Å². The Kier molecular flexibility index (Phi) is 5.70. The maximum absolute atomic E-state index is 5.46. The number of aryl methyl sites for hydroxylation is 1. The maximum Gasteiger partial charge on any atom is 0.0590 e. The average Bonchev–Trinajstić information content (AvgIpc) is 2.46. The largest absolute Gasteiger partial charge is 0.380 e. The zero-order valence-electron chi connectivity index (χ0n) is 8.60. The first-order valence-electron chi connectivity index (χ1n) is 4.71. The van der Waals surface area contributed by atoms with Crippen molar-refractivity contribution in [1.82, 2.24) is 5.32 Å². The van der Waals surface area contributed by atoms with Gasteiger partial charge in [-0.2, -0.15) is 0 Å². The third-order valence-electron chi connectivity index (χ3n) is 1.90. The standard InChI is InChI=1S/C10H16BrNOS/c1-8-10(11)7-9(14-8)3-5-13-6-4-12-2/h7,12H,3-6H2,1-2H3. The molecule has 0 radical (unpaired) electrons. The minimum absolute atomic E-state index is 0.794. The molecule has 0 saturated heterocycles. The number of nitrogens with one attached hydrogen (secondary N) is 1. The van der Waals surface area contributed by atoms with Crippen molar-refractivity contribution in [2.24, 2.45) is 0 Å². The van der Waals surface area contributed by atoms with Gasteiger partial charge in [0.1, 0.15) is 0 Å². The predicted octanol–water partition coefficient (Wildman–Crippen LogP) is 2.60. The number of hydrogen-bond donors (Lipinski definition) is 1. The normalized spacial score (nSPS) is 10.8. The fourth-order valence-electron chi connectivity index (χ4n) is 1.09. The van der Waals surface area contributed by atoms with Gasteiger partial charge in [0.05, 0.1) is 13.2 Å². The average molecular weight is 278 g/mol. The summed E-state index contributed by atoms with van der Waals surface area (Å²) in [4.78, 5) is 2.73. The van der Waals surface area contributed by atoms with E-state index in [0.717, 1.165) is 26.2 Å². The summed E-state index contributed by atoms with van der Waals surface area (Å²) in [6.07, 6.45) is 1.01. The van der Waals surface area contributed by atoms with Crippen LogP contribution in [0, 0.1) is 6.92 Å². The molecule has 0 aliphatic rings. The van der Waals surface area contributed by atoms with Gasteiger partial charge in [-0.25, -0.2) is 0 Å². The van der Waals surface area contributed by atoms with E-state index in [1.54, 1.807) is 0 Å². The first kappa shape index (κ1) is 12.2. The molecule has 14 heavy (non-hydrogen) atoms. The zero-order chi connectivity index (χ0) is 10.4. The minimum atomic E-state index is 0.794. The van der Waals surface area contributed by atoms with Gasteiger partial charge < -0.3 is 10.1 Å². The van der Waals surface area contributed by atoms with E-state index in [1.165, 1.54) is 14.2 Å². The van der Waals surface area contributed by atoms with Crippen LogP contribution in [-0.4, -0.2) is 26.8 Å². The summed E-state index contributed by atoms with van der Waals surface area (Å²) < 4.78 is 6.67. The Morgan fingerprint density at radius 1 is 1.50 bits per heavy atom. The molecule has 0 spiro atoms. The van der Waals surface area contributed by atoms with Gasteiger partial charge in [-0.15, -0.1) is 11.3 Å². The van der Waals surface area contributed by atoms with Gasteiger partial charge in [0.15, 0.2) is 0 Å². The Labute approximate surface area is 97.8 Å². The summed E-state index contributed by atoms with van der Waals surface area (Å²) in [6.45, 7) is 4.66. The molecule has 1 heterocycles. The van der Waals surface area contributed by atoms with E-state index in [2.05, 4.69) is 34.2 Å². The highest BCUT2D eigenvalue weighted by atomic mass is 79.9. The van der Waals surface area contributed by atoms with Gasteiger partial charge in [0, 0.05) is 27.2 Å². The minimum Gasteiger partial charge on any atom is -0.380 e. The smallest absolute Gasteiger partial charge is 0.0590 e. The van der Waals surface area contributed by atoms with Crippen LogP contribution in [0.2, 0.25) is 0 Å². The molecule has 0 aliphatic carbocycles. The lowest BCUT2D eigenvalue weighted by atomic mass is 10.3. The molecule has 1 rings (SSSR count). The lowest BCUT2D eigenvalue weighted by Gasteiger charge is -2.01. The molecule has 80 valence electrons. The van der Waals surface area contributed by atoms with Gasteiger partial charge >= 0.3 is 0 Å². The van der Waals surface area contributed by atoms with Crippen LogP contribution in [0.15, 0.2) is 10.5 Å². The van der Waals surface area contributed by atoms with Crippen molar-refractivity contribution in [3.63, 3.8) is 0 Å². The van der Waals surface area contributed by atoms with Crippen LogP contribution in [-0.2, 0) is 11.2 Å². The molecule has 0 unspecified atom stereocenters. The summed E-state index contributed by atoms with van der Waals surface area (Å²) >= 11 is 5.35. The maximum atomic E-state index is 5.46. The van der Waals surface area contributed by atoms with Gasteiger partial charge in [-0.1, -0.05) is 0 Å². The summed E-state index contributed by atoms with van der Waals surface area (Å²) in [5.74, 6) is 0. The quantitative estimate of drug-likeness (QED) is 0.808. The molecule has 1 aromatic rings. The van der Waals surface area contributed by atoms with Gasteiger partial charge in [-0.3, -0.25) is 0 Å². The van der Waals surface area contributed by atoms with Crippen molar-refractivity contribution >= 4 is 27.3 Å². The lowest BCUT2D eigenvalue weighted by Crippen LogP contribution is -2.14. The molecule has 0 bridgehead atoms. The van der Waals surface area contributed by atoms with Crippen LogP contribution < -0.4 is 5.32 Å². The molecule has 0 amide bonds. The Morgan fingerprint density at radius 2 is 2.29 bits per heavy atom. The number of likely N-dealkylation sites (N-methyl/N-ethyl adjacent to an activating group) is 1. The van der Waals surface area contributed by atoms with Crippen molar-refractivity contribution in [3.05, 3.63) is 20.3 Å². The highest BCUT2D eigenvalue weighted by molar-refractivity contribution is 9.10. The molecule has 0 atom stereocenters. The van der Waals surface area contributed by atoms with Gasteiger partial charge in [0.25, 0.3) is 0 Å². The zero-order valence-corrected chi connectivity index (χ0v) is 11.0. The second kappa shape index (κ2) is 6.56. The lowest BCUT2D eigenvalue weighted by molar-refractivity contribution is 0.141. The number of ether oxygens (including phenoxy) is 1. The number of hydrogen-bond acceptors (Lipinski definition) is 3. The molecular weight excluding hydrogens is 262 g/mol. The van der Waals surface area contributed by atoms with Crippen LogP contribution in [0.3, 0.4) is 0 Å². The number of halogens is 1. The van der Waals surface area contributed by atoms with Gasteiger partial charge in [-0.05, 0) is 36.0 Å². The molecule has 0 aliphatic heterocycles. The third-order valence-corrected chi connectivity index (χ3v) is 4.09. The highest BCUT2D eigenvalue weighted by Crippen LogP contribution is 2.26. The highest BCUT2D eigenvalue weighted by Gasteiger charge is 2.02. The van der Waals surface area contributed by atoms with Crippen LogP contribution in [0.25, 0.3) is 0 Å². The van der Waals surface area contributed by atoms with Crippen molar-refractivity contribution in [3.8, 4) is 0 Å². The fraction of sp³-hybridized carbons (Fsp3) is 0.600. The van der Waals surface area contributed by atoms with E-state index in [-0.39, 0.29) is 0 Å². The van der Waals surface area contributed by atoms with Crippen LogP contribution >= 0.6 is 27.3 Å².